The first-order valence-electron chi connectivity index (χ1n) is 5.40. The third-order valence-electron chi connectivity index (χ3n) is 2.54. The van der Waals surface area contributed by atoms with E-state index in [0.29, 0.717) is 11.1 Å². The first-order valence-corrected chi connectivity index (χ1v) is 5.78. The quantitative estimate of drug-likeness (QED) is 0.658. The van der Waals surface area contributed by atoms with Crippen LogP contribution in [-0.4, -0.2) is 5.91 Å². The summed E-state index contributed by atoms with van der Waals surface area (Å²) in [6, 6.07) is 5.73. The average molecular weight is 301 g/mol. The van der Waals surface area contributed by atoms with Gasteiger partial charge in [-0.25, -0.2) is 13.2 Å². The molecule has 20 heavy (non-hydrogen) atoms. The van der Waals surface area contributed by atoms with Gasteiger partial charge in [-0.3, -0.25) is 4.79 Å². The van der Waals surface area contributed by atoms with Gasteiger partial charge in [-0.2, -0.15) is 0 Å². The number of rotatable bonds is 2. The number of carbonyl (C=O) groups excluding carboxylic acids is 1. The minimum Gasteiger partial charge on any atom is -0.398 e. The van der Waals surface area contributed by atoms with Gasteiger partial charge in [0.2, 0.25) is 0 Å². The number of amides is 1. The standard InChI is InChI=1S/C13H8ClF3N2O/c14-6-1-2-7(9(18)5-6)13(20)19-10-4-3-8(15)11(16)12(10)17/h1-5H,18H2,(H,19,20). The SMILES string of the molecule is Nc1cc(Cl)ccc1C(=O)Nc1ccc(F)c(F)c1F. The van der Waals surface area contributed by atoms with Gasteiger partial charge in [-0.1, -0.05) is 11.6 Å². The van der Waals surface area contributed by atoms with E-state index >= 15 is 0 Å². The normalized spacial score (nSPS) is 10.4. The van der Waals surface area contributed by atoms with Gasteiger partial charge in [0.1, 0.15) is 0 Å². The molecule has 0 fully saturated rings. The molecule has 1 amide bonds. The van der Waals surface area contributed by atoms with Gasteiger partial charge in [-0.05, 0) is 30.3 Å². The lowest BCUT2D eigenvalue weighted by atomic mass is 10.1. The lowest BCUT2D eigenvalue weighted by molar-refractivity contribution is 0.102. The Balaban J connectivity index is 2.30. The highest BCUT2D eigenvalue weighted by Gasteiger charge is 2.17. The van der Waals surface area contributed by atoms with Crippen molar-refractivity contribution >= 4 is 28.9 Å². The fourth-order valence-electron chi connectivity index (χ4n) is 1.55. The molecule has 0 bridgehead atoms. The van der Waals surface area contributed by atoms with Crippen LogP contribution in [0, 0.1) is 17.5 Å². The molecule has 0 saturated carbocycles. The third kappa shape index (κ3) is 2.70. The Morgan fingerprint density at radius 3 is 2.45 bits per heavy atom. The summed E-state index contributed by atoms with van der Waals surface area (Å²) < 4.78 is 39.2. The fraction of sp³-hybridized carbons (Fsp3) is 0. The molecule has 0 atom stereocenters. The summed E-state index contributed by atoms with van der Waals surface area (Å²) in [6.07, 6.45) is 0. The Bertz CT molecular complexity index is 692. The predicted octanol–water partition coefficient (Wildman–Crippen LogP) is 3.59. The van der Waals surface area contributed by atoms with Gasteiger partial charge in [-0.15, -0.1) is 0 Å². The average Bonchev–Trinajstić information content (AvgIpc) is 2.39. The Kier molecular flexibility index (Phi) is 3.85. The van der Waals surface area contributed by atoms with Crippen LogP contribution in [-0.2, 0) is 0 Å². The minimum absolute atomic E-state index is 0.0403. The van der Waals surface area contributed by atoms with Crippen molar-refractivity contribution in [3.8, 4) is 0 Å². The van der Waals surface area contributed by atoms with Crippen molar-refractivity contribution in [1.29, 1.82) is 0 Å². The topological polar surface area (TPSA) is 55.1 Å². The predicted molar refractivity (Wildman–Crippen MR) is 70.1 cm³/mol. The van der Waals surface area contributed by atoms with Crippen molar-refractivity contribution in [2.45, 2.75) is 0 Å². The summed E-state index contributed by atoms with van der Waals surface area (Å²) in [6.45, 7) is 0. The molecule has 0 heterocycles. The molecule has 0 aliphatic rings. The molecule has 0 radical (unpaired) electrons. The summed E-state index contributed by atoms with van der Waals surface area (Å²) in [7, 11) is 0. The summed E-state index contributed by atoms with van der Waals surface area (Å²) >= 11 is 5.68. The number of carbonyl (C=O) groups is 1. The molecule has 0 spiro atoms. The number of hydrogen-bond acceptors (Lipinski definition) is 2. The second kappa shape index (κ2) is 5.42. The first-order chi connectivity index (χ1) is 9.40. The molecule has 2 aromatic carbocycles. The second-order valence-electron chi connectivity index (χ2n) is 3.91. The van der Waals surface area contributed by atoms with Crippen molar-refractivity contribution in [2.24, 2.45) is 0 Å². The zero-order valence-electron chi connectivity index (χ0n) is 9.88. The van der Waals surface area contributed by atoms with Crippen LogP contribution in [0.25, 0.3) is 0 Å². The van der Waals surface area contributed by atoms with Crippen molar-refractivity contribution in [1.82, 2.24) is 0 Å². The van der Waals surface area contributed by atoms with Crippen LogP contribution in [0.3, 0.4) is 0 Å². The zero-order chi connectivity index (χ0) is 14.9. The third-order valence-corrected chi connectivity index (χ3v) is 2.78. The number of nitrogen functional groups attached to an aromatic ring is 1. The van der Waals surface area contributed by atoms with Crippen LogP contribution >= 0.6 is 11.6 Å². The summed E-state index contributed by atoms with van der Waals surface area (Å²) in [4.78, 5) is 11.9. The largest absolute Gasteiger partial charge is 0.398 e. The molecule has 104 valence electrons. The number of nitrogens with one attached hydrogen (secondary N) is 1. The number of hydrogen-bond donors (Lipinski definition) is 2. The molecule has 3 nitrogen and oxygen atoms in total. The lowest BCUT2D eigenvalue weighted by Crippen LogP contribution is -2.15. The van der Waals surface area contributed by atoms with E-state index < -0.39 is 29.0 Å². The van der Waals surface area contributed by atoms with Crippen LogP contribution in [0.1, 0.15) is 10.4 Å². The lowest BCUT2D eigenvalue weighted by Gasteiger charge is -2.09. The molecule has 3 N–H and O–H groups in total. The highest BCUT2D eigenvalue weighted by atomic mass is 35.5. The Labute approximate surface area is 117 Å². The van der Waals surface area contributed by atoms with E-state index in [1.165, 1.54) is 18.2 Å². The highest BCUT2D eigenvalue weighted by molar-refractivity contribution is 6.31. The molecule has 0 unspecified atom stereocenters. The van der Waals surface area contributed by atoms with Gasteiger partial charge < -0.3 is 11.1 Å². The van der Waals surface area contributed by atoms with E-state index in [2.05, 4.69) is 5.32 Å². The van der Waals surface area contributed by atoms with Gasteiger partial charge in [0.05, 0.1) is 11.3 Å². The number of halogens is 4. The zero-order valence-corrected chi connectivity index (χ0v) is 10.6. The van der Waals surface area contributed by atoms with E-state index in [0.717, 1.165) is 6.07 Å². The molecule has 0 aliphatic carbocycles. The molecule has 7 heteroatoms. The van der Waals surface area contributed by atoms with E-state index in [4.69, 9.17) is 17.3 Å². The number of nitrogens with two attached hydrogens (primary N) is 1. The maximum atomic E-state index is 13.4. The molecular formula is C13H8ClF3N2O. The molecule has 0 aromatic heterocycles. The number of benzene rings is 2. The van der Waals surface area contributed by atoms with E-state index in [-0.39, 0.29) is 11.3 Å². The maximum absolute atomic E-state index is 13.4. The summed E-state index contributed by atoms with van der Waals surface area (Å²) in [5.74, 6) is -5.24. The number of anilines is 2. The van der Waals surface area contributed by atoms with Crippen LogP contribution in [0.15, 0.2) is 30.3 Å². The second-order valence-corrected chi connectivity index (χ2v) is 4.35. The van der Waals surface area contributed by atoms with Gasteiger partial charge >= 0.3 is 0 Å². The van der Waals surface area contributed by atoms with E-state index in [9.17, 15) is 18.0 Å². The molecule has 2 aromatic rings. The fourth-order valence-corrected chi connectivity index (χ4v) is 1.73. The maximum Gasteiger partial charge on any atom is 0.257 e. The van der Waals surface area contributed by atoms with Crippen molar-refractivity contribution in [2.75, 3.05) is 11.1 Å². The van der Waals surface area contributed by atoms with Gasteiger partial charge in [0, 0.05) is 10.7 Å². The minimum atomic E-state index is -1.66. The van der Waals surface area contributed by atoms with Gasteiger partial charge in [0.15, 0.2) is 17.5 Å². The molecule has 0 saturated heterocycles. The smallest absolute Gasteiger partial charge is 0.257 e. The van der Waals surface area contributed by atoms with Gasteiger partial charge in [0.25, 0.3) is 5.91 Å². The highest BCUT2D eigenvalue weighted by Crippen LogP contribution is 2.22. The van der Waals surface area contributed by atoms with Crippen molar-refractivity contribution in [3.63, 3.8) is 0 Å². The Morgan fingerprint density at radius 1 is 1.10 bits per heavy atom. The molecule has 2 rings (SSSR count). The van der Waals surface area contributed by atoms with Crippen LogP contribution < -0.4 is 11.1 Å². The Hall–Kier alpha value is -2.21. The van der Waals surface area contributed by atoms with Crippen molar-refractivity contribution < 1.29 is 18.0 Å². The first kappa shape index (κ1) is 14.2. The molecule has 0 aliphatic heterocycles. The summed E-state index contributed by atoms with van der Waals surface area (Å²) in [5.41, 5.74) is 5.23. The van der Waals surface area contributed by atoms with Crippen LogP contribution in [0.5, 0.6) is 0 Å². The van der Waals surface area contributed by atoms with E-state index in [1.54, 1.807) is 0 Å². The van der Waals surface area contributed by atoms with Crippen molar-refractivity contribution in [3.05, 3.63) is 58.4 Å². The summed E-state index contributed by atoms with van der Waals surface area (Å²) in [5, 5.41) is 2.44. The van der Waals surface area contributed by atoms with E-state index in [1.807, 2.05) is 0 Å². The monoisotopic (exact) mass is 300 g/mol. The Morgan fingerprint density at radius 2 is 1.80 bits per heavy atom. The van der Waals surface area contributed by atoms with Crippen LogP contribution in [0.2, 0.25) is 5.02 Å². The van der Waals surface area contributed by atoms with Crippen LogP contribution in [0.4, 0.5) is 24.5 Å². The molecular weight excluding hydrogens is 293 g/mol.